The van der Waals surface area contributed by atoms with Gasteiger partial charge in [-0.05, 0) is 6.92 Å². The molecule has 1 aromatic rings. The third-order valence-electron chi connectivity index (χ3n) is 3.59. The summed E-state index contributed by atoms with van der Waals surface area (Å²) < 4.78 is 2.20. The van der Waals surface area contributed by atoms with Crippen LogP contribution in [0.1, 0.15) is 26.6 Å². The zero-order valence-electron chi connectivity index (χ0n) is 10.3. The maximum Gasteiger partial charge on any atom is 0.122 e. The molecule has 90 valence electrons. The quantitative estimate of drug-likeness (QED) is 0.834. The van der Waals surface area contributed by atoms with Gasteiger partial charge in [-0.2, -0.15) is 0 Å². The topological polar surface area (TPSA) is 41.3 Å². The van der Waals surface area contributed by atoms with E-state index in [0.29, 0.717) is 0 Å². The van der Waals surface area contributed by atoms with E-state index in [0.717, 1.165) is 32.0 Å². The predicted octanol–water partition coefficient (Wildman–Crippen LogP) is 1.11. The summed E-state index contributed by atoms with van der Waals surface area (Å²) in [6.45, 7) is 9.94. The van der Waals surface area contributed by atoms with Crippen LogP contribution < -0.4 is 0 Å². The van der Waals surface area contributed by atoms with E-state index in [1.807, 2.05) is 19.3 Å². The van der Waals surface area contributed by atoms with Gasteiger partial charge < -0.3 is 9.67 Å². The number of aliphatic hydroxyl groups is 1. The van der Waals surface area contributed by atoms with E-state index in [1.54, 1.807) is 0 Å². The molecule has 0 fully saturated rings. The van der Waals surface area contributed by atoms with Crippen molar-refractivity contribution in [1.29, 1.82) is 0 Å². The largest absolute Gasteiger partial charge is 0.393 e. The smallest absolute Gasteiger partial charge is 0.122 e. The summed E-state index contributed by atoms with van der Waals surface area (Å²) in [4.78, 5) is 6.71. The molecule has 2 heterocycles. The van der Waals surface area contributed by atoms with Gasteiger partial charge in [0.15, 0.2) is 0 Å². The summed E-state index contributed by atoms with van der Waals surface area (Å²) in [5, 5.41) is 9.72. The fourth-order valence-electron chi connectivity index (χ4n) is 2.07. The Morgan fingerprint density at radius 1 is 1.50 bits per heavy atom. The summed E-state index contributed by atoms with van der Waals surface area (Å²) in [6.07, 6.45) is 3.61. The van der Waals surface area contributed by atoms with Gasteiger partial charge >= 0.3 is 0 Å². The molecule has 0 aliphatic carbocycles. The summed E-state index contributed by atoms with van der Waals surface area (Å²) in [5.41, 5.74) is -0.0608. The van der Waals surface area contributed by atoms with E-state index in [-0.39, 0.29) is 11.5 Å². The van der Waals surface area contributed by atoms with Crippen LogP contribution in [0.15, 0.2) is 12.4 Å². The number of aromatic nitrogens is 2. The number of imidazole rings is 1. The van der Waals surface area contributed by atoms with E-state index in [2.05, 4.69) is 28.3 Å². The van der Waals surface area contributed by atoms with Crippen LogP contribution in [-0.4, -0.2) is 38.8 Å². The first-order chi connectivity index (χ1) is 7.49. The second kappa shape index (κ2) is 4.18. The van der Waals surface area contributed by atoms with Crippen molar-refractivity contribution in [3.8, 4) is 0 Å². The van der Waals surface area contributed by atoms with Crippen molar-refractivity contribution in [2.45, 2.75) is 40.0 Å². The minimum Gasteiger partial charge on any atom is -0.393 e. The Hall–Kier alpha value is -0.870. The number of aliphatic hydroxyl groups excluding tert-OH is 1. The van der Waals surface area contributed by atoms with Crippen molar-refractivity contribution >= 4 is 0 Å². The van der Waals surface area contributed by atoms with Crippen molar-refractivity contribution in [1.82, 2.24) is 14.5 Å². The SMILES string of the molecule is CC(O)C(C)(C)CN1CCn2ccnc2C1. The van der Waals surface area contributed by atoms with E-state index in [9.17, 15) is 5.11 Å². The molecular formula is C12H21N3O. The lowest BCUT2D eigenvalue weighted by atomic mass is 9.87. The van der Waals surface area contributed by atoms with Gasteiger partial charge in [0, 0.05) is 37.4 Å². The lowest BCUT2D eigenvalue weighted by Gasteiger charge is -2.36. The number of fused-ring (bicyclic) bond motifs is 1. The number of rotatable bonds is 3. The zero-order chi connectivity index (χ0) is 11.8. The van der Waals surface area contributed by atoms with E-state index in [4.69, 9.17) is 0 Å². The average molecular weight is 223 g/mol. The van der Waals surface area contributed by atoms with Crippen molar-refractivity contribution in [3.63, 3.8) is 0 Å². The summed E-state index contributed by atoms with van der Waals surface area (Å²) in [7, 11) is 0. The molecule has 1 N–H and O–H groups in total. The van der Waals surface area contributed by atoms with Crippen LogP contribution in [0.3, 0.4) is 0 Å². The molecular weight excluding hydrogens is 202 g/mol. The standard InChI is InChI=1S/C12H21N3O/c1-10(16)12(2,3)9-14-6-7-15-5-4-13-11(15)8-14/h4-5,10,16H,6-9H2,1-3H3. The lowest BCUT2D eigenvalue weighted by molar-refractivity contribution is 0.0268. The Labute approximate surface area is 96.9 Å². The van der Waals surface area contributed by atoms with E-state index < -0.39 is 0 Å². The van der Waals surface area contributed by atoms with Crippen LogP contribution in [0.4, 0.5) is 0 Å². The molecule has 1 atom stereocenters. The molecule has 0 saturated heterocycles. The molecule has 1 aliphatic heterocycles. The Morgan fingerprint density at radius 3 is 2.94 bits per heavy atom. The Bertz CT molecular complexity index is 357. The molecule has 0 aromatic carbocycles. The molecule has 0 spiro atoms. The summed E-state index contributed by atoms with van der Waals surface area (Å²) >= 11 is 0. The van der Waals surface area contributed by atoms with Crippen molar-refractivity contribution in [2.75, 3.05) is 13.1 Å². The zero-order valence-corrected chi connectivity index (χ0v) is 10.3. The average Bonchev–Trinajstić information content (AvgIpc) is 2.63. The highest BCUT2D eigenvalue weighted by molar-refractivity contribution is 4.96. The minimum atomic E-state index is -0.283. The number of nitrogens with zero attached hydrogens (tertiary/aromatic N) is 3. The molecule has 0 saturated carbocycles. The second-order valence-corrected chi connectivity index (χ2v) is 5.41. The molecule has 0 amide bonds. The first-order valence-corrected chi connectivity index (χ1v) is 5.89. The van der Waals surface area contributed by atoms with Gasteiger partial charge in [0.1, 0.15) is 5.82 Å². The summed E-state index contributed by atoms with van der Waals surface area (Å²) in [5.74, 6) is 1.13. The van der Waals surface area contributed by atoms with Gasteiger partial charge in [0.05, 0.1) is 12.6 Å². The maximum absolute atomic E-state index is 9.72. The van der Waals surface area contributed by atoms with Gasteiger partial charge in [-0.1, -0.05) is 13.8 Å². The Kier molecular flexibility index (Phi) is 3.04. The minimum absolute atomic E-state index is 0.0608. The third-order valence-corrected chi connectivity index (χ3v) is 3.59. The molecule has 4 heteroatoms. The Balaban J connectivity index is 1.99. The van der Waals surface area contributed by atoms with Crippen LogP contribution in [0.25, 0.3) is 0 Å². The fourth-order valence-corrected chi connectivity index (χ4v) is 2.07. The molecule has 1 aliphatic rings. The molecule has 0 radical (unpaired) electrons. The van der Waals surface area contributed by atoms with Gasteiger partial charge in [-0.15, -0.1) is 0 Å². The number of hydrogen-bond donors (Lipinski definition) is 1. The molecule has 1 aromatic heterocycles. The van der Waals surface area contributed by atoms with E-state index in [1.165, 1.54) is 0 Å². The molecule has 2 rings (SSSR count). The molecule has 4 nitrogen and oxygen atoms in total. The first kappa shape index (κ1) is 11.6. The van der Waals surface area contributed by atoms with Gasteiger partial charge in [-0.3, -0.25) is 4.90 Å². The van der Waals surface area contributed by atoms with Crippen LogP contribution in [0.5, 0.6) is 0 Å². The monoisotopic (exact) mass is 223 g/mol. The van der Waals surface area contributed by atoms with Crippen molar-refractivity contribution in [2.24, 2.45) is 5.41 Å². The molecule has 1 unspecified atom stereocenters. The Morgan fingerprint density at radius 2 is 2.25 bits per heavy atom. The van der Waals surface area contributed by atoms with Crippen molar-refractivity contribution in [3.05, 3.63) is 18.2 Å². The van der Waals surface area contributed by atoms with Crippen LogP contribution in [-0.2, 0) is 13.1 Å². The molecule has 0 bridgehead atoms. The fraction of sp³-hybridized carbons (Fsp3) is 0.750. The van der Waals surface area contributed by atoms with Gasteiger partial charge in [-0.25, -0.2) is 4.98 Å². The highest BCUT2D eigenvalue weighted by Gasteiger charge is 2.28. The summed E-state index contributed by atoms with van der Waals surface area (Å²) in [6, 6.07) is 0. The van der Waals surface area contributed by atoms with Crippen LogP contribution in [0.2, 0.25) is 0 Å². The van der Waals surface area contributed by atoms with Crippen LogP contribution in [0, 0.1) is 5.41 Å². The first-order valence-electron chi connectivity index (χ1n) is 5.89. The van der Waals surface area contributed by atoms with E-state index >= 15 is 0 Å². The van der Waals surface area contributed by atoms with Crippen molar-refractivity contribution < 1.29 is 5.11 Å². The van der Waals surface area contributed by atoms with Gasteiger partial charge in [0.2, 0.25) is 0 Å². The normalized spacial score (nSPS) is 19.5. The predicted molar refractivity (Wildman–Crippen MR) is 63.0 cm³/mol. The highest BCUT2D eigenvalue weighted by Crippen LogP contribution is 2.23. The second-order valence-electron chi connectivity index (χ2n) is 5.41. The highest BCUT2D eigenvalue weighted by atomic mass is 16.3. The maximum atomic E-state index is 9.72. The lowest BCUT2D eigenvalue weighted by Crippen LogP contribution is -2.43. The number of hydrogen-bond acceptors (Lipinski definition) is 3. The molecule has 16 heavy (non-hydrogen) atoms. The van der Waals surface area contributed by atoms with Gasteiger partial charge in [0.25, 0.3) is 0 Å². The van der Waals surface area contributed by atoms with Crippen LogP contribution >= 0.6 is 0 Å². The third kappa shape index (κ3) is 2.28.